The average Bonchev–Trinajstić information content (AvgIpc) is 2.55. The molecule has 0 N–H and O–H groups in total. The lowest BCUT2D eigenvalue weighted by Crippen LogP contribution is -1.97. The van der Waals surface area contributed by atoms with Gasteiger partial charge >= 0.3 is 0 Å². The minimum absolute atomic E-state index is 0.513. The van der Waals surface area contributed by atoms with Gasteiger partial charge in [0.15, 0.2) is 0 Å². The van der Waals surface area contributed by atoms with Crippen LogP contribution >= 0.6 is 0 Å². The number of ketones is 1. The highest BCUT2D eigenvalue weighted by molar-refractivity contribution is 5.78. The fraction of sp³-hybridized carbons (Fsp3) is 0.864. The molecule has 1 aliphatic rings. The van der Waals surface area contributed by atoms with Crippen molar-refractivity contribution in [1.82, 2.24) is 0 Å². The Hall–Kier alpha value is -0.590. The summed E-state index contributed by atoms with van der Waals surface area (Å²) < 4.78 is 0. The molecule has 0 atom stereocenters. The minimum atomic E-state index is 0.513. The maximum Gasteiger partial charge on any atom is 0.132 e. The van der Waals surface area contributed by atoms with Gasteiger partial charge in [-0.2, -0.15) is 0 Å². The number of hydrogen-bond acceptors (Lipinski definition) is 1. The van der Waals surface area contributed by atoms with Crippen LogP contribution in [0.1, 0.15) is 122 Å². The van der Waals surface area contributed by atoms with Crippen LogP contribution < -0.4 is 0 Å². The van der Waals surface area contributed by atoms with E-state index in [2.05, 4.69) is 12.2 Å². The third-order valence-electron chi connectivity index (χ3n) is 5.07. The first-order valence-electron chi connectivity index (χ1n) is 10.6. The minimum Gasteiger partial charge on any atom is -0.300 e. The molecule has 1 heteroatoms. The van der Waals surface area contributed by atoms with Crippen molar-refractivity contribution in [2.75, 3.05) is 0 Å². The summed E-state index contributed by atoms with van der Waals surface area (Å²) in [5.74, 6) is 0.513. The summed E-state index contributed by atoms with van der Waals surface area (Å²) in [5.41, 5.74) is 0. The monoisotopic (exact) mass is 320 g/mol. The Bertz CT molecular complexity index is 292. The number of rotatable bonds is 0. The second-order valence-electron chi connectivity index (χ2n) is 7.39. The molecule has 0 radical (unpaired) electrons. The van der Waals surface area contributed by atoms with Crippen molar-refractivity contribution in [2.45, 2.75) is 122 Å². The molecule has 1 nitrogen and oxygen atoms in total. The summed E-state index contributed by atoms with van der Waals surface area (Å²) in [7, 11) is 0. The van der Waals surface area contributed by atoms with Crippen LogP contribution in [-0.2, 0) is 4.79 Å². The van der Waals surface area contributed by atoms with Gasteiger partial charge in [0.1, 0.15) is 5.78 Å². The topological polar surface area (TPSA) is 17.1 Å². The molecule has 1 aliphatic carbocycles. The Balaban J connectivity index is 2.13. The van der Waals surface area contributed by atoms with Crippen molar-refractivity contribution in [2.24, 2.45) is 0 Å². The van der Waals surface area contributed by atoms with Crippen molar-refractivity contribution in [1.29, 1.82) is 0 Å². The number of hydrogen-bond donors (Lipinski definition) is 0. The first kappa shape index (κ1) is 20.5. The number of Topliss-reactive ketones (excluding diaryl/α,β-unsaturated/α-hetero) is 1. The van der Waals surface area contributed by atoms with E-state index in [9.17, 15) is 4.79 Å². The highest BCUT2D eigenvalue weighted by atomic mass is 16.1. The van der Waals surface area contributed by atoms with Crippen molar-refractivity contribution in [3.05, 3.63) is 12.2 Å². The average molecular weight is 321 g/mol. The highest BCUT2D eigenvalue weighted by Gasteiger charge is 2.02. The predicted molar refractivity (Wildman–Crippen MR) is 102 cm³/mol. The maximum atomic E-state index is 11.8. The molecule has 134 valence electrons. The van der Waals surface area contributed by atoms with Gasteiger partial charge in [-0.25, -0.2) is 0 Å². The molecule has 0 heterocycles. The Morgan fingerprint density at radius 3 is 1.13 bits per heavy atom. The van der Waals surface area contributed by atoms with Gasteiger partial charge in [0, 0.05) is 12.8 Å². The summed E-state index contributed by atoms with van der Waals surface area (Å²) >= 11 is 0. The SMILES string of the molecule is O=C1CCCCCCCCC/C=C/CCCCCCCCCC1. The third kappa shape index (κ3) is 14.7. The number of allylic oxidation sites excluding steroid dienone is 2. The molecule has 0 unspecified atom stereocenters. The summed E-state index contributed by atoms with van der Waals surface area (Å²) in [4.78, 5) is 11.8. The van der Waals surface area contributed by atoms with Crippen LogP contribution in [0.2, 0.25) is 0 Å². The molecular weight excluding hydrogens is 280 g/mol. The fourth-order valence-corrected chi connectivity index (χ4v) is 3.47. The van der Waals surface area contributed by atoms with Gasteiger partial charge in [-0.3, -0.25) is 4.79 Å². The molecule has 0 saturated carbocycles. The third-order valence-corrected chi connectivity index (χ3v) is 5.07. The summed E-state index contributed by atoms with van der Waals surface area (Å²) in [6.07, 6.45) is 28.8. The molecule has 0 spiro atoms. The second kappa shape index (κ2) is 16.3. The summed E-state index contributed by atoms with van der Waals surface area (Å²) in [6.45, 7) is 0. The zero-order valence-corrected chi connectivity index (χ0v) is 15.5. The molecule has 0 fully saturated rings. The van der Waals surface area contributed by atoms with E-state index >= 15 is 0 Å². The van der Waals surface area contributed by atoms with Crippen LogP contribution in [0, 0.1) is 0 Å². The van der Waals surface area contributed by atoms with Crippen molar-refractivity contribution in [3.8, 4) is 0 Å². The van der Waals surface area contributed by atoms with Crippen LogP contribution in [0.4, 0.5) is 0 Å². The van der Waals surface area contributed by atoms with Crippen LogP contribution in [-0.4, -0.2) is 5.78 Å². The first-order chi connectivity index (χ1) is 11.4. The number of carbonyl (C=O) groups excluding carboxylic acids is 1. The van der Waals surface area contributed by atoms with E-state index in [0.717, 1.165) is 25.7 Å². The van der Waals surface area contributed by atoms with Gasteiger partial charge in [-0.15, -0.1) is 0 Å². The van der Waals surface area contributed by atoms with E-state index in [1.807, 2.05) is 0 Å². The lowest BCUT2D eigenvalue weighted by Gasteiger charge is -2.04. The van der Waals surface area contributed by atoms with Crippen molar-refractivity contribution < 1.29 is 4.79 Å². The smallest absolute Gasteiger partial charge is 0.132 e. The standard InChI is InChI=1S/C22H40O/c23-22-20-18-16-14-12-10-8-6-4-2-1-3-5-7-9-11-13-15-17-19-21-22/h1-2H,3-21H2/b2-1+. The Morgan fingerprint density at radius 1 is 0.435 bits per heavy atom. The summed E-state index contributed by atoms with van der Waals surface area (Å²) in [5, 5.41) is 0. The van der Waals surface area contributed by atoms with Gasteiger partial charge in [0.2, 0.25) is 0 Å². The fourth-order valence-electron chi connectivity index (χ4n) is 3.47. The van der Waals surface area contributed by atoms with E-state index < -0.39 is 0 Å². The van der Waals surface area contributed by atoms with E-state index in [4.69, 9.17) is 0 Å². The first-order valence-corrected chi connectivity index (χ1v) is 10.6. The molecule has 0 saturated heterocycles. The van der Waals surface area contributed by atoms with Crippen LogP contribution in [0.25, 0.3) is 0 Å². The lowest BCUT2D eigenvalue weighted by atomic mass is 10.0. The van der Waals surface area contributed by atoms with Gasteiger partial charge in [-0.1, -0.05) is 82.8 Å². The molecule has 0 aliphatic heterocycles. The van der Waals surface area contributed by atoms with Gasteiger partial charge < -0.3 is 0 Å². The molecule has 1 rings (SSSR count). The van der Waals surface area contributed by atoms with E-state index in [1.54, 1.807) is 0 Å². The molecule has 0 aromatic rings. The lowest BCUT2D eigenvalue weighted by molar-refractivity contribution is -0.119. The second-order valence-corrected chi connectivity index (χ2v) is 7.39. The van der Waals surface area contributed by atoms with E-state index in [0.29, 0.717) is 5.78 Å². The maximum absolute atomic E-state index is 11.8. The normalized spacial score (nSPS) is 24.3. The largest absolute Gasteiger partial charge is 0.300 e. The Kier molecular flexibility index (Phi) is 14.5. The molecular formula is C22H40O. The molecule has 23 heavy (non-hydrogen) atoms. The Morgan fingerprint density at radius 2 is 0.739 bits per heavy atom. The van der Waals surface area contributed by atoms with E-state index in [1.165, 1.54) is 96.3 Å². The predicted octanol–water partition coefficient (Wildman–Crippen LogP) is 7.54. The zero-order chi connectivity index (χ0) is 16.4. The molecule has 0 aromatic carbocycles. The van der Waals surface area contributed by atoms with Crippen LogP contribution in [0.3, 0.4) is 0 Å². The molecule has 0 amide bonds. The van der Waals surface area contributed by atoms with Crippen molar-refractivity contribution >= 4 is 5.78 Å². The van der Waals surface area contributed by atoms with Gasteiger partial charge in [0.05, 0.1) is 0 Å². The summed E-state index contributed by atoms with van der Waals surface area (Å²) in [6, 6.07) is 0. The highest BCUT2D eigenvalue weighted by Crippen LogP contribution is 2.14. The van der Waals surface area contributed by atoms with Gasteiger partial charge in [0.25, 0.3) is 0 Å². The van der Waals surface area contributed by atoms with Crippen LogP contribution in [0.15, 0.2) is 12.2 Å². The number of carbonyl (C=O) groups is 1. The van der Waals surface area contributed by atoms with E-state index in [-0.39, 0.29) is 0 Å². The van der Waals surface area contributed by atoms with Gasteiger partial charge in [-0.05, 0) is 38.5 Å². The van der Waals surface area contributed by atoms with Crippen molar-refractivity contribution in [3.63, 3.8) is 0 Å². The Labute approximate surface area is 145 Å². The molecule has 0 bridgehead atoms. The molecule has 0 aromatic heterocycles. The van der Waals surface area contributed by atoms with Crippen LogP contribution in [0.5, 0.6) is 0 Å². The quantitative estimate of drug-likeness (QED) is 0.421. The zero-order valence-electron chi connectivity index (χ0n) is 15.5.